The van der Waals surface area contributed by atoms with Crippen molar-refractivity contribution in [3.8, 4) is 0 Å². The maximum absolute atomic E-state index is 8.33. The van der Waals surface area contributed by atoms with Gasteiger partial charge in [0.2, 0.25) is 0 Å². The zero-order valence-electron chi connectivity index (χ0n) is 12.2. The quantitative estimate of drug-likeness (QED) is 0.316. The van der Waals surface area contributed by atoms with Crippen molar-refractivity contribution in [3.05, 3.63) is 0 Å². The molecule has 0 aliphatic rings. The van der Waals surface area contributed by atoms with Crippen LogP contribution in [0.15, 0.2) is 0 Å². The fourth-order valence-corrected chi connectivity index (χ4v) is 0. The minimum absolute atomic E-state index is 0. The predicted octanol–water partition coefficient (Wildman–Crippen LogP) is -15.4. The van der Waals surface area contributed by atoms with E-state index in [0.29, 0.717) is 0 Å². The van der Waals surface area contributed by atoms with Crippen molar-refractivity contribution in [2.75, 3.05) is 0 Å². The summed E-state index contributed by atoms with van der Waals surface area (Å²) >= 11 is 0. The molecule has 0 fully saturated rings. The fourth-order valence-electron chi connectivity index (χ4n) is 0. The summed E-state index contributed by atoms with van der Waals surface area (Å²) in [6, 6.07) is 0. The van der Waals surface area contributed by atoms with Gasteiger partial charge in [-0.2, -0.15) is 0 Å². The molecule has 21 heteroatoms. The summed E-state index contributed by atoms with van der Waals surface area (Å²) in [5.41, 5.74) is 0. The first-order valence-electron chi connectivity index (χ1n) is 3.06. The van der Waals surface area contributed by atoms with Crippen LogP contribution < -0.4 is 51.1 Å². The molecule has 26 heavy (non-hydrogen) atoms. The summed E-state index contributed by atoms with van der Waals surface area (Å²) in [6.07, 6.45) is -11.7. The van der Waals surface area contributed by atoms with Crippen LogP contribution in [0.1, 0.15) is 0 Å². The smallest absolute Gasteiger partial charge is 0.652 e. The van der Waals surface area contributed by atoms with Crippen molar-refractivity contribution in [1.82, 2.24) is 0 Å². The molecule has 0 saturated heterocycles. The molecular formula is C5H4Al2Mg2O17. The molecule has 0 aliphatic heterocycles. The van der Waals surface area contributed by atoms with E-state index >= 15 is 0 Å². The second kappa shape index (κ2) is 64.9. The van der Waals surface area contributed by atoms with Gasteiger partial charge >= 0.3 is 80.8 Å². The molecule has 0 spiro atoms. The molecule has 0 bridgehead atoms. The summed E-state index contributed by atoms with van der Waals surface area (Å²) in [4.78, 5) is 41.7. The van der Waals surface area contributed by atoms with E-state index in [2.05, 4.69) is 0 Å². The Morgan fingerprint density at radius 2 is 0.346 bits per heavy atom. The number of rotatable bonds is 0. The Labute approximate surface area is 196 Å². The summed E-state index contributed by atoms with van der Waals surface area (Å²) in [5.74, 6) is 0. The Morgan fingerprint density at radius 3 is 0.346 bits per heavy atom. The number of hydrogen-bond donors (Lipinski definition) is 0. The summed E-state index contributed by atoms with van der Waals surface area (Å²) in [5, 5.41) is 83.3. The van der Waals surface area contributed by atoms with Crippen LogP contribution in [-0.2, 0) is 0 Å². The summed E-state index contributed by atoms with van der Waals surface area (Å²) < 4.78 is 0. The van der Waals surface area contributed by atoms with E-state index in [1.54, 1.807) is 0 Å². The van der Waals surface area contributed by atoms with E-state index in [9.17, 15) is 0 Å². The van der Waals surface area contributed by atoms with Crippen molar-refractivity contribution >= 4 is 112 Å². The monoisotopic (exact) mass is 438 g/mol. The van der Waals surface area contributed by atoms with Gasteiger partial charge in [-0.15, -0.1) is 0 Å². The Morgan fingerprint density at radius 1 is 0.346 bits per heavy atom. The van der Waals surface area contributed by atoms with Gasteiger partial charge in [-0.3, -0.25) is 0 Å². The largest absolute Gasteiger partial charge is 3.00 e. The minimum atomic E-state index is -2.33. The molecule has 136 valence electrons. The van der Waals surface area contributed by atoms with Gasteiger partial charge in [0, 0.05) is 0 Å². The van der Waals surface area contributed by atoms with Crippen LogP contribution in [0.4, 0.5) is 24.0 Å². The van der Waals surface area contributed by atoms with Crippen molar-refractivity contribution < 1.29 is 86.0 Å². The van der Waals surface area contributed by atoms with Crippen LogP contribution in [0.3, 0.4) is 0 Å². The van der Waals surface area contributed by atoms with E-state index in [0.717, 1.165) is 0 Å². The average molecular weight is 439 g/mol. The molecule has 17 nitrogen and oxygen atoms in total. The average Bonchev–Trinajstić information content (AvgIpc) is 1.94. The van der Waals surface area contributed by atoms with Gasteiger partial charge in [0.25, 0.3) is 0 Å². The van der Waals surface area contributed by atoms with E-state index in [1.807, 2.05) is 0 Å². The molecule has 0 aliphatic carbocycles. The Hall–Kier alpha value is -1.13. The molecule has 0 aromatic carbocycles. The third-order valence-electron chi connectivity index (χ3n) is 0. The fraction of sp³-hybridized carbons (Fsp3) is 0. The summed E-state index contributed by atoms with van der Waals surface area (Å²) in [7, 11) is 0. The van der Waals surface area contributed by atoms with Crippen LogP contribution >= 0.6 is 0 Å². The van der Waals surface area contributed by atoms with Gasteiger partial charge in [-0.1, -0.05) is 0 Å². The molecule has 0 saturated carbocycles. The van der Waals surface area contributed by atoms with Crippen LogP contribution in [0.2, 0.25) is 0 Å². The molecule has 0 radical (unpaired) electrons. The first kappa shape index (κ1) is 73.7. The minimum Gasteiger partial charge on any atom is -0.652 e. The van der Waals surface area contributed by atoms with Crippen LogP contribution in [0.5, 0.6) is 0 Å². The first-order valence-corrected chi connectivity index (χ1v) is 3.06. The Bertz CT molecular complexity index is 222. The molecule has 0 aromatic rings. The van der Waals surface area contributed by atoms with E-state index in [-0.39, 0.29) is 91.8 Å². The van der Waals surface area contributed by atoms with Gasteiger partial charge in [-0.05, 0) is 30.8 Å². The van der Waals surface area contributed by atoms with E-state index in [1.165, 1.54) is 0 Å². The second-order valence-electron chi connectivity index (χ2n) is 1.25. The van der Waals surface area contributed by atoms with Gasteiger partial charge in [0.05, 0.1) is 0 Å². The van der Waals surface area contributed by atoms with Crippen molar-refractivity contribution in [3.63, 3.8) is 0 Å². The van der Waals surface area contributed by atoms with Gasteiger partial charge < -0.3 is 86.0 Å². The Balaban J connectivity index is -0.0000000114. The molecule has 0 amide bonds. The van der Waals surface area contributed by atoms with Crippen molar-refractivity contribution in [1.29, 1.82) is 0 Å². The third-order valence-corrected chi connectivity index (χ3v) is 0. The molecule has 0 rings (SSSR count). The third kappa shape index (κ3) is 8520. The zero-order valence-corrected chi connectivity index (χ0v) is 17.3. The van der Waals surface area contributed by atoms with Crippen molar-refractivity contribution in [2.45, 2.75) is 0 Å². The van der Waals surface area contributed by atoms with Gasteiger partial charge in [0.1, 0.15) is 0 Å². The first-order chi connectivity index (χ1) is 8.66. The maximum atomic E-state index is 8.33. The predicted molar refractivity (Wildman–Crippen MR) is 57.2 cm³/mol. The number of carboxylic acid groups (broad SMARTS) is 10. The Kier molecular flexibility index (Phi) is 184. The SMILES string of the molecule is O.O.O=C([O-])[O-].O=C([O-])[O-].O=C([O-])[O-].O=C([O-])[O-].O=C([O-])[O-].[Al+3].[Al+3].[Mg+2].[Mg+2]. The molecule has 0 heterocycles. The number of carbonyl (C=O) groups is 5. The molecule has 0 atom stereocenters. The zero-order chi connectivity index (χ0) is 17.9. The van der Waals surface area contributed by atoms with Crippen LogP contribution in [-0.4, -0.2) is 123 Å². The van der Waals surface area contributed by atoms with E-state index < -0.39 is 30.8 Å². The molecular weight excluding hydrogens is 435 g/mol. The maximum Gasteiger partial charge on any atom is 3.00 e. The molecule has 0 aromatic heterocycles. The normalized spacial score (nSPS) is 4.62. The van der Waals surface area contributed by atoms with Gasteiger partial charge in [0.15, 0.2) is 0 Å². The van der Waals surface area contributed by atoms with Crippen LogP contribution in [0.25, 0.3) is 0 Å². The molecule has 0 unspecified atom stereocenters. The van der Waals surface area contributed by atoms with Crippen LogP contribution in [0, 0.1) is 0 Å². The summed E-state index contributed by atoms with van der Waals surface area (Å²) in [6.45, 7) is 0. The molecule has 4 N–H and O–H groups in total. The standard InChI is InChI=1S/5CH2O3.2Al.2Mg.2H2O/c5*2-1(3)4;;;;;;/h5*(H2,2,3,4);;;;;2*1H2/q;;;;;2*+3;2*+2;;/p-10. The van der Waals surface area contributed by atoms with E-state index in [4.69, 9.17) is 75.0 Å². The van der Waals surface area contributed by atoms with Crippen molar-refractivity contribution in [2.24, 2.45) is 0 Å². The number of hydrogen-bond acceptors (Lipinski definition) is 15. The second-order valence-corrected chi connectivity index (χ2v) is 1.25. The topological polar surface area (TPSA) is 379 Å². The van der Waals surface area contributed by atoms with Gasteiger partial charge in [-0.25, -0.2) is 0 Å². The number of carbonyl (C=O) groups excluding carboxylic acids is 5.